The predicted molar refractivity (Wildman–Crippen MR) is 109 cm³/mol. The van der Waals surface area contributed by atoms with Crippen LogP contribution in [0.15, 0.2) is 53.4 Å². The molecule has 1 aliphatic rings. The molecule has 2 aromatic carbocycles. The zero-order chi connectivity index (χ0) is 23.1. The lowest BCUT2D eigenvalue weighted by atomic mass is 9.79. The highest BCUT2D eigenvalue weighted by Crippen LogP contribution is 2.37. The minimum Gasteiger partial charge on any atom is -0.406 e. The highest BCUT2D eigenvalue weighted by molar-refractivity contribution is 7.89. The minimum absolute atomic E-state index is 0.0453. The van der Waals surface area contributed by atoms with Crippen LogP contribution in [0.1, 0.15) is 33.3 Å². The van der Waals surface area contributed by atoms with E-state index in [4.69, 9.17) is 9.31 Å². The summed E-state index contributed by atoms with van der Waals surface area (Å²) in [5.74, 6) is -0.659. The maximum absolute atomic E-state index is 13.1. The van der Waals surface area contributed by atoms with Crippen LogP contribution < -0.4 is 14.9 Å². The monoisotopic (exact) mass is 457 g/mol. The van der Waals surface area contributed by atoms with Crippen molar-refractivity contribution in [1.29, 1.82) is 0 Å². The largest absolute Gasteiger partial charge is 0.573 e. The molecule has 0 spiro atoms. The SMILES string of the molecule is CC1(C)OB(c2ccc(OC(F)(F)F)cc2S(=O)(=O)NCc2ccccc2)OC1(C)C. The first kappa shape index (κ1) is 23.6. The third-order valence-corrected chi connectivity index (χ3v) is 6.78. The Hall–Kier alpha value is -2.08. The van der Waals surface area contributed by atoms with Gasteiger partial charge in [0.1, 0.15) is 5.75 Å². The van der Waals surface area contributed by atoms with Crippen LogP contribution in [0.3, 0.4) is 0 Å². The molecule has 6 nitrogen and oxygen atoms in total. The minimum atomic E-state index is -4.97. The Morgan fingerprint density at radius 3 is 2.13 bits per heavy atom. The van der Waals surface area contributed by atoms with E-state index in [0.29, 0.717) is 5.56 Å². The number of benzene rings is 2. The molecule has 0 saturated carbocycles. The van der Waals surface area contributed by atoms with Crippen LogP contribution in [-0.4, -0.2) is 33.1 Å². The summed E-state index contributed by atoms with van der Waals surface area (Å²) >= 11 is 0. The second kappa shape index (κ2) is 8.12. The normalized spacial score (nSPS) is 18.2. The highest BCUT2D eigenvalue weighted by Gasteiger charge is 2.53. The van der Waals surface area contributed by atoms with E-state index in [-0.39, 0.29) is 12.0 Å². The average Bonchev–Trinajstić information content (AvgIpc) is 2.87. The first-order valence-electron chi connectivity index (χ1n) is 9.49. The molecule has 0 radical (unpaired) electrons. The third-order valence-electron chi connectivity index (χ3n) is 5.32. The lowest BCUT2D eigenvalue weighted by molar-refractivity contribution is -0.274. The summed E-state index contributed by atoms with van der Waals surface area (Å²) in [6.07, 6.45) is -4.97. The van der Waals surface area contributed by atoms with Crippen molar-refractivity contribution >= 4 is 22.6 Å². The standard InChI is InChI=1S/C20H23BF3NO5S/c1-18(2)19(3,4)30-21(29-18)16-11-10-15(28-20(22,23)24)12-17(16)31(26,27)25-13-14-8-6-5-7-9-14/h5-12,25H,13H2,1-4H3. The summed E-state index contributed by atoms with van der Waals surface area (Å²) in [6.45, 7) is 7.11. The van der Waals surface area contributed by atoms with Gasteiger partial charge in [0.25, 0.3) is 0 Å². The van der Waals surface area contributed by atoms with Crippen LogP contribution in [-0.2, 0) is 25.9 Å². The zero-order valence-corrected chi connectivity index (χ0v) is 18.3. The number of halogens is 3. The van der Waals surface area contributed by atoms with Crippen LogP contribution in [0.5, 0.6) is 5.75 Å². The number of hydrogen-bond donors (Lipinski definition) is 1. The van der Waals surface area contributed by atoms with Gasteiger partial charge < -0.3 is 14.0 Å². The molecular formula is C20H23BF3NO5S. The molecule has 0 amide bonds. The van der Waals surface area contributed by atoms with E-state index < -0.39 is 45.4 Å². The first-order chi connectivity index (χ1) is 14.2. The molecule has 0 aliphatic carbocycles. The van der Waals surface area contributed by atoms with Crippen LogP contribution in [0, 0.1) is 0 Å². The van der Waals surface area contributed by atoms with Crippen molar-refractivity contribution < 1.29 is 35.6 Å². The fourth-order valence-corrected chi connectivity index (χ4v) is 4.22. The molecule has 168 valence electrons. The number of rotatable bonds is 6. The average molecular weight is 457 g/mol. The van der Waals surface area contributed by atoms with Gasteiger partial charge in [-0.2, -0.15) is 0 Å². The van der Waals surface area contributed by atoms with Gasteiger partial charge in [0.05, 0.1) is 16.1 Å². The van der Waals surface area contributed by atoms with E-state index in [1.807, 2.05) is 0 Å². The van der Waals surface area contributed by atoms with Gasteiger partial charge in [-0.25, -0.2) is 13.1 Å². The Morgan fingerprint density at radius 1 is 1.00 bits per heavy atom. The Morgan fingerprint density at radius 2 is 1.58 bits per heavy atom. The fraction of sp³-hybridized carbons (Fsp3) is 0.400. The van der Waals surface area contributed by atoms with Crippen molar-refractivity contribution in [3.05, 3.63) is 54.1 Å². The zero-order valence-electron chi connectivity index (χ0n) is 17.5. The number of ether oxygens (including phenoxy) is 1. The molecule has 0 bridgehead atoms. The Balaban J connectivity index is 1.99. The first-order valence-corrected chi connectivity index (χ1v) is 11.0. The highest BCUT2D eigenvalue weighted by atomic mass is 32.2. The lowest BCUT2D eigenvalue weighted by Gasteiger charge is -2.32. The number of hydrogen-bond acceptors (Lipinski definition) is 5. The second-order valence-corrected chi connectivity index (χ2v) is 9.88. The summed E-state index contributed by atoms with van der Waals surface area (Å²) in [5.41, 5.74) is -0.770. The van der Waals surface area contributed by atoms with Crippen LogP contribution in [0.25, 0.3) is 0 Å². The van der Waals surface area contributed by atoms with Crippen LogP contribution >= 0.6 is 0 Å². The van der Waals surface area contributed by atoms with Crippen molar-refractivity contribution in [2.75, 3.05) is 0 Å². The van der Waals surface area contributed by atoms with E-state index in [0.717, 1.165) is 12.1 Å². The molecule has 11 heteroatoms. The van der Waals surface area contributed by atoms with E-state index in [1.165, 1.54) is 6.07 Å². The molecule has 1 N–H and O–H groups in total. The summed E-state index contributed by atoms with van der Waals surface area (Å²) in [7, 11) is -5.33. The summed E-state index contributed by atoms with van der Waals surface area (Å²) in [6, 6.07) is 11.8. The fourth-order valence-electron chi connectivity index (χ4n) is 2.96. The molecule has 0 atom stereocenters. The van der Waals surface area contributed by atoms with E-state index in [2.05, 4.69) is 9.46 Å². The second-order valence-electron chi connectivity index (χ2n) is 8.15. The van der Waals surface area contributed by atoms with Gasteiger partial charge in [-0.1, -0.05) is 36.4 Å². The van der Waals surface area contributed by atoms with Gasteiger partial charge in [0.2, 0.25) is 10.0 Å². The summed E-state index contributed by atoms with van der Waals surface area (Å²) in [4.78, 5) is -0.413. The van der Waals surface area contributed by atoms with Gasteiger partial charge in [0.15, 0.2) is 0 Å². The predicted octanol–water partition coefficient (Wildman–Crippen LogP) is 3.36. The lowest BCUT2D eigenvalue weighted by Crippen LogP contribution is -2.41. The van der Waals surface area contributed by atoms with Crippen molar-refractivity contribution in [3.63, 3.8) is 0 Å². The molecule has 3 rings (SSSR count). The molecule has 0 aromatic heterocycles. The van der Waals surface area contributed by atoms with Crippen molar-refractivity contribution in [2.45, 2.75) is 56.7 Å². The maximum atomic E-state index is 13.1. The third kappa shape index (κ3) is 5.41. The maximum Gasteiger partial charge on any atom is 0.573 e. The van der Waals surface area contributed by atoms with E-state index in [1.54, 1.807) is 58.0 Å². The molecule has 1 fully saturated rings. The van der Waals surface area contributed by atoms with Gasteiger partial charge in [-0.05, 0) is 39.3 Å². The molecule has 1 aliphatic heterocycles. The molecule has 1 saturated heterocycles. The molecule has 2 aromatic rings. The summed E-state index contributed by atoms with van der Waals surface area (Å²) < 4.78 is 82.4. The number of alkyl halides is 3. The van der Waals surface area contributed by atoms with Crippen molar-refractivity contribution in [3.8, 4) is 5.75 Å². The van der Waals surface area contributed by atoms with Crippen LogP contribution in [0.2, 0.25) is 0 Å². The van der Waals surface area contributed by atoms with Gasteiger partial charge in [-0.15, -0.1) is 13.2 Å². The topological polar surface area (TPSA) is 73.9 Å². The molecule has 31 heavy (non-hydrogen) atoms. The van der Waals surface area contributed by atoms with E-state index in [9.17, 15) is 21.6 Å². The molecular weight excluding hydrogens is 434 g/mol. The van der Waals surface area contributed by atoms with Crippen molar-refractivity contribution in [1.82, 2.24) is 4.72 Å². The Kier molecular flexibility index (Phi) is 6.18. The number of nitrogens with one attached hydrogen (secondary N) is 1. The van der Waals surface area contributed by atoms with Gasteiger partial charge >= 0.3 is 13.5 Å². The van der Waals surface area contributed by atoms with Gasteiger partial charge in [-0.3, -0.25) is 0 Å². The Labute approximate surface area is 179 Å². The van der Waals surface area contributed by atoms with Crippen molar-refractivity contribution in [2.24, 2.45) is 0 Å². The quantitative estimate of drug-likeness (QED) is 0.674. The molecule has 1 heterocycles. The van der Waals surface area contributed by atoms with Gasteiger partial charge in [0, 0.05) is 18.1 Å². The number of sulfonamides is 1. The molecule has 0 unspecified atom stereocenters. The Bertz CT molecular complexity index is 1030. The van der Waals surface area contributed by atoms with E-state index >= 15 is 0 Å². The van der Waals surface area contributed by atoms with Crippen LogP contribution in [0.4, 0.5) is 13.2 Å². The smallest absolute Gasteiger partial charge is 0.406 e. The summed E-state index contributed by atoms with van der Waals surface area (Å²) in [5, 5.41) is 0.